The highest BCUT2D eigenvalue weighted by Crippen LogP contribution is 2.54. The zero-order valence-electron chi connectivity index (χ0n) is 17.9. The summed E-state index contributed by atoms with van der Waals surface area (Å²) in [5.41, 5.74) is 0.401. The Labute approximate surface area is 182 Å². The number of benzene rings is 1. The van der Waals surface area contributed by atoms with Crippen LogP contribution < -0.4 is 15.4 Å². The van der Waals surface area contributed by atoms with Crippen molar-refractivity contribution in [3.63, 3.8) is 0 Å². The summed E-state index contributed by atoms with van der Waals surface area (Å²) >= 11 is 0. The third-order valence-electron chi connectivity index (χ3n) is 7.36. The lowest BCUT2D eigenvalue weighted by molar-refractivity contribution is -0.143. The summed E-state index contributed by atoms with van der Waals surface area (Å²) in [4.78, 5) is 35.9. The molecule has 3 aliphatic carbocycles. The third kappa shape index (κ3) is 5.02. The van der Waals surface area contributed by atoms with Crippen LogP contribution in [0.3, 0.4) is 0 Å². The van der Waals surface area contributed by atoms with Gasteiger partial charge in [-0.25, -0.2) is 0 Å². The molecule has 4 rings (SSSR count). The van der Waals surface area contributed by atoms with Gasteiger partial charge in [-0.1, -0.05) is 0 Å². The lowest BCUT2D eigenvalue weighted by Crippen LogP contribution is -2.42. The molecule has 7 heteroatoms. The first-order valence-electron chi connectivity index (χ1n) is 11.5. The van der Waals surface area contributed by atoms with Gasteiger partial charge >= 0.3 is 5.97 Å². The van der Waals surface area contributed by atoms with Crippen molar-refractivity contribution in [2.75, 3.05) is 13.1 Å². The SMILES string of the molecule is O=C(NCCNC(=O)C12CCC(CC1)C2)c1ccc(O[C@H]2CC[C@@H](C(=O)O)CC2)cc1. The average Bonchev–Trinajstić information content (AvgIpc) is 3.40. The van der Waals surface area contributed by atoms with Gasteiger partial charge in [0.15, 0.2) is 0 Å². The highest BCUT2D eigenvalue weighted by atomic mass is 16.5. The minimum atomic E-state index is -0.723. The van der Waals surface area contributed by atoms with E-state index in [0.717, 1.165) is 38.0 Å². The summed E-state index contributed by atoms with van der Waals surface area (Å²) in [7, 11) is 0. The first-order valence-corrected chi connectivity index (χ1v) is 11.5. The van der Waals surface area contributed by atoms with E-state index in [1.54, 1.807) is 24.3 Å². The molecule has 3 fully saturated rings. The molecule has 0 heterocycles. The molecular formula is C24H32N2O5. The van der Waals surface area contributed by atoms with Gasteiger partial charge in [-0.3, -0.25) is 14.4 Å². The van der Waals surface area contributed by atoms with Crippen LogP contribution in [0.2, 0.25) is 0 Å². The van der Waals surface area contributed by atoms with Crippen LogP contribution in [0, 0.1) is 17.3 Å². The minimum Gasteiger partial charge on any atom is -0.490 e. The van der Waals surface area contributed by atoms with E-state index in [9.17, 15) is 14.4 Å². The second kappa shape index (κ2) is 9.28. The van der Waals surface area contributed by atoms with Crippen LogP contribution in [0.5, 0.6) is 5.75 Å². The normalized spacial score (nSPS) is 29.4. The Morgan fingerprint density at radius 1 is 0.935 bits per heavy atom. The van der Waals surface area contributed by atoms with Crippen LogP contribution in [0.4, 0.5) is 0 Å². The van der Waals surface area contributed by atoms with Crippen LogP contribution in [0.25, 0.3) is 0 Å². The van der Waals surface area contributed by atoms with E-state index < -0.39 is 5.97 Å². The van der Waals surface area contributed by atoms with E-state index in [-0.39, 0.29) is 29.3 Å². The van der Waals surface area contributed by atoms with Crippen molar-refractivity contribution in [2.24, 2.45) is 17.3 Å². The van der Waals surface area contributed by atoms with Gasteiger partial charge in [0.1, 0.15) is 5.75 Å². The van der Waals surface area contributed by atoms with Crippen LogP contribution in [0.15, 0.2) is 24.3 Å². The van der Waals surface area contributed by atoms with Gasteiger partial charge in [0.25, 0.3) is 5.91 Å². The minimum absolute atomic E-state index is 0.0216. The highest BCUT2D eigenvalue weighted by Gasteiger charge is 2.49. The van der Waals surface area contributed by atoms with E-state index >= 15 is 0 Å². The highest BCUT2D eigenvalue weighted by molar-refractivity contribution is 5.94. The van der Waals surface area contributed by atoms with E-state index in [1.165, 1.54) is 12.8 Å². The number of carboxylic acid groups (broad SMARTS) is 1. The van der Waals surface area contributed by atoms with Gasteiger partial charge < -0.3 is 20.5 Å². The second-order valence-corrected chi connectivity index (χ2v) is 9.39. The Balaban J connectivity index is 1.16. The molecule has 3 saturated carbocycles. The van der Waals surface area contributed by atoms with Gasteiger partial charge in [-0.05, 0) is 88.0 Å². The number of nitrogens with one attached hydrogen (secondary N) is 2. The van der Waals surface area contributed by atoms with Gasteiger partial charge in [-0.15, -0.1) is 0 Å². The Morgan fingerprint density at radius 2 is 1.58 bits per heavy atom. The van der Waals surface area contributed by atoms with Crippen LogP contribution in [0.1, 0.15) is 68.1 Å². The zero-order chi connectivity index (χ0) is 21.8. The lowest BCUT2D eigenvalue weighted by Gasteiger charge is -2.26. The number of fused-ring (bicyclic) bond motifs is 2. The summed E-state index contributed by atoms with van der Waals surface area (Å²) < 4.78 is 5.94. The number of amides is 2. The molecule has 3 aliphatic rings. The number of hydrogen-bond donors (Lipinski definition) is 3. The van der Waals surface area contributed by atoms with Gasteiger partial charge in [-0.2, -0.15) is 0 Å². The van der Waals surface area contributed by atoms with Crippen molar-refractivity contribution in [1.29, 1.82) is 0 Å². The van der Waals surface area contributed by atoms with Crippen molar-refractivity contribution < 1.29 is 24.2 Å². The van der Waals surface area contributed by atoms with Crippen molar-refractivity contribution in [2.45, 2.75) is 63.9 Å². The van der Waals surface area contributed by atoms with Crippen molar-refractivity contribution >= 4 is 17.8 Å². The predicted molar refractivity (Wildman–Crippen MR) is 115 cm³/mol. The molecular weight excluding hydrogens is 396 g/mol. The lowest BCUT2D eigenvalue weighted by atomic mass is 9.83. The molecule has 7 nitrogen and oxygen atoms in total. The molecule has 0 spiro atoms. The largest absolute Gasteiger partial charge is 0.490 e. The maximum absolute atomic E-state index is 12.5. The fourth-order valence-electron chi connectivity index (χ4n) is 5.46. The van der Waals surface area contributed by atoms with E-state index in [2.05, 4.69) is 10.6 Å². The number of aliphatic carboxylic acids is 1. The van der Waals surface area contributed by atoms with Crippen molar-refractivity contribution in [3.05, 3.63) is 29.8 Å². The monoisotopic (exact) mass is 428 g/mol. The molecule has 0 radical (unpaired) electrons. The first kappa shape index (κ1) is 21.7. The smallest absolute Gasteiger partial charge is 0.306 e. The summed E-state index contributed by atoms with van der Waals surface area (Å²) in [6.07, 6.45) is 8.14. The second-order valence-electron chi connectivity index (χ2n) is 9.39. The standard InChI is InChI=1S/C24H32N2O5/c27-21(25-13-14-26-23(30)24-11-9-16(15-24)10-12-24)17-1-5-19(6-2-17)31-20-7-3-18(4-8-20)22(28)29/h1-2,5-6,16,18,20H,3-4,7-15H2,(H,25,27)(H,26,30)(H,28,29)/t16?,18-,20+,24?. The fourth-order valence-corrected chi connectivity index (χ4v) is 5.46. The number of carboxylic acids is 1. The molecule has 0 unspecified atom stereocenters. The molecule has 0 atom stereocenters. The Bertz CT molecular complexity index is 806. The van der Waals surface area contributed by atoms with Crippen molar-refractivity contribution in [1.82, 2.24) is 10.6 Å². The molecule has 1 aromatic rings. The van der Waals surface area contributed by atoms with E-state index in [0.29, 0.717) is 37.2 Å². The topological polar surface area (TPSA) is 105 Å². The number of rotatable bonds is 8. The number of ether oxygens (including phenoxy) is 1. The van der Waals surface area contributed by atoms with Crippen LogP contribution >= 0.6 is 0 Å². The number of hydrogen-bond acceptors (Lipinski definition) is 4. The van der Waals surface area contributed by atoms with E-state index in [1.807, 2.05) is 0 Å². The molecule has 31 heavy (non-hydrogen) atoms. The molecule has 0 aliphatic heterocycles. The number of carbonyl (C=O) groups excluding carboxylic acids is 2. The van der Waals surface area contributed by atoms with Crippen LogP contribution in [-0.2, 0) is 9.59 Å². The summed E-state index contributed by atoms with van der Waals surface area (Å²) in [6, 6.07) is 7.00. The molecule has 2 amide bonds. The Morgan fingerprint density at radius 3 is 2.16 bits per heavy atom. The molecule has 168 valence electrons. The predicted octanol–water partition coefficient (Wildman–Crippen LogP) is 3.14. The zero-order valence-corrected chi connectivity index (χ0v) is 17.9. The van der Waals surface area contributed by atoms with Crippen LogP contribution in [-0.4, -0.2) is 42.1 Å². The van der Waals surface area contributed by atoms with E-state index in [4.69, 9.17) is 9.84 Å². The summed E-state index contributed by atoms with van der Waals surface area (Å²) in [5, 5.41) is 14.9. The molecule has 1 aromatic carbocycles. The Hall–Kier alpha value is -2.57. The maximum atomic E-state index is 12.5. The average molecular weight is 429 g/mol. The maximum Gasteiger partial charge on any atom is 0.306 e. The quantitative estimate of drug-likeness (QED) is 0.552. The first-order chi connectivity index (χ1) is 14.9. The van der Waals surface area contributed by atoms with Gasteiger partial charge in [0, 0.05) is 24.1 Å². The molecule has 3 N–H and O–H groups in total. The fraction of sp³-hybridized carbons (Fsp3) is 0.625. The molecule has 2 bridgehead atoms. The third-order valence-corrected chi connectivity index (χ3v) is 7.36. The van der Waals surface area contributed by atoms with Gasteiger partial charge in [0.2, 0.25) is 5.91 Å². The summed E-state index contributed by atoms with van der Waals surface area (Å²) in [6.45, 7) is 0.840. The molecule has 0 saturated heterocycles. The van der Waals surface area contributed by atoms with Crippen molar-refractivity contribution in [3.8, 4) is 5.75 Å². The number of carbonyl (C=O) groups is 3. The van der Waals surface area contributed by atoms with Gasteiger partial charge in [0.05, 0.1) is 12.0 Å². The Kier molecular flexibility index (Phi) is 6.49. The molecule has 0 aromatic heterocycles. The summed E-state index contributed by atoms with van der Waals surface area (Å²) in [5.74, 6) is 0.413.